The molecule has 0 amide bonds. The zero-order valence-corrected chi connectivity index (χ0v) is 11.4. The molecule has 1 aromatic rings. The van der Waals surface area contributed by atoms with Gasteiger partial charge in [0.15, 0.2) is 0 Å². The summed E-state index contributed by atoms with van der Waals surface area (Å²) in [5.74, 6) is 1.67. The number of rotatable bonds is 2. The lowest BCUT2D eigenvalue weighted by atomic mass is 9.93. The standard InChI is InChI=1S/C13H24N4/c1-9-5-6-17(10(2)7-9)8-12-11(3)15-16(4)13(12)14/h9-10H,5-8,14H2,1-4H3. The van der Waals surface area contributed by atoms with E-state index in [-0.39, 0.29) is 0 Å². The number of aryl methyl sites for hydroxylation is 2. The van der Waals surface area contributed by atoms with Crippen LogP contribution in [0.5, 0.6) is 0 Å². The monoisotopic (exact) mass is 236 g/mol. The van der Waals surface area contributed by atoms with Crippen LogP contribution in [0.25, 0.3) is 0 Å². The van der Waals surface area contributed by atoms with Gasteiger partial charge in [0.2, 0.25) is 0 Å². The van der Waals surface area contributed by atoms with E-state index in [0.29, 0.717) is 6.04 Å². The second-order valence-electron chi connectivity index (χ2n) is 5.52. The van der Waals surface area contributed by atoms with Gasteiger partial charge in [-0.3, -0.25) is 9.58 Å². The average molecular weight is 236 g/mol. The van der Waals surface area contributed by atoms with Crippen molar-refractivity contribution in [2.24, 2.45) is 13.0 Å². The summed E-state index contributed by atoms with van der Waals surface area (Å²) in [6, 6.07) is 0.651. The highest BCUT2D eigenvalue weighted by molar-refractivity contribution is 5.42. The van der Waals surface area contributed by atoms with Gasteiger partial charge >= 0.3 is 0 Å². The Morgan fingerprint density at radius 2 is 2.12 bits per heavy atom. The molecule has 2 heterocycles. The van der Waals surface area contributed by atoms with Crippen molar-refractivity contribution in [3.05, 3.63) is 11.3 Å². The fraction of sp³-hybridized carbons (Fsp3) is 0.769. The molecule has 1 saturated heterocycles. The molecule has 1 aromatic heterocycles. The average Bonchev–Trinajstić information content (AvgIpc) is 2.48. The zero-order chi connectivity index (χ0) is 12.6. The number of hydrogen-bond donors (Lipinski definition) is 1. The van der Waals surface area contributed by atoms with Gasteiger partial charge in [0, 0.05) is 25.2 Å². The number of nitrogens with zero attached hydrogens (tertiary/aromatic N) is 3. The van der Waals surface area contributed by atoms with Gasteiger partial charge in [0.05, 0.1) is 5.69 Å². The summed E-state index contributed by atoms with van der Waals surface area (Å²) in [5.41, 5.74) is 8.34. The highest BCUT2D eigenvalue weighted by atomic mass is 15.3. The van der Waals surface area contributed by atoms with Crippen LogP contribution in [0.2, 0.25) is 0 Å². The Kier molecular flexibility index (Phi) is 3.43. The third-order valence-corrected chi connectivity index (χ3v) is 4.03. The van der Waals surface area contributed by atoms with E-state index in [1.165, 1.54) is 24.9 Å². The predicted molar refractivity (Wildman–Crippen MR) is 70.6 cm³/mol. The summed E-state index contributed by atoms with van der Waals surface area (Å²) in [5, 5.41) is 4.38. The molecule has 1 fully saturated rings. The molecule has 1 aliphatic rings. The summed E-state index contributed by atoms with van der Waals surface area (Å²) in [4.78, 5) is 2.53. The summed E-state index contributed by atoms with van der Waals surface area (Å²) in [6.07, 6.45) is 2.59. The Hall–Kier alpha value is -1.03. The molecule has 1 aliphatic heterocycles. The smallest absolute Gasteiger partial charge is 0.126 e. The molecular formula is C13H24N4. The van der Waals surface area contributed by atoms with E-state index in [0.717, 1.165) is 24.0 Å². The minimum absolute atomic E-state index is 0.651. The minimum atomic E-state index is 0.651. The molecule has 4 nitrogen and oxygen atoms in total. The second-order valence-corrected chi connectivity index (χ2v) is 5.52. The summed E-state index contributed by atoms with van der Waals surface area (Å²) < 4.78 is 1.78. The van der Waals surface area contributed by atoms with Gasteiger partial charge in [0.25, 0.3) is 0 Å². The van der Waals surface area contributed by atoms with E-state index in [1.54, 1.807) is 4.68 Å². The highest BCUT2D eigenvalue weighted by Gasteiger charge is 2.24. The second kappa shape index (κ2) is 4.69. The van der Waals surface area contributed by atoms with Crippen LogP contribution >= 0.6 is 0 Å². The third-order valence-electron chi connectivity index (χ3n) is 4.03. The van der Waals surface area contributed by atoms with Gasteiger partial charge in [-0.15, -0.1) is 0 Å². The molecule has 2 N–H and O–H groups in total. The minimum Gasteiger partial charge on any atom is -0.384 e. The Morgan fingerprint density at radius 1 is 1.41 bits per heavy atom. The zero-order valence-electron chi connectivity index (χ0n) is 11.4. The van der Waals surface area contributed by atoms with Gasteiger partial charge < -0.3 is 5.73 Å². The molecule has 2 rings (SSSR count). The summed E-state index contributed by atoms with van der Waals surface area (Å²) in [6.45, 7) is 8.83. The Bertz CT molecular complexity index is 396. The molecule has 0 bridgehead atoms. The molecule has 4 heteroatoms. The first-order valence-electron chi connectivity index (χ1n) is 6.51. The first-order chi connectivity index (χ1) is 7.99. The van der Waals surface area contributed by atoms with Crippen molar-refractivity contribution < 1.29 is 0 Å². The van der Waals surface area contributed by atoms with E-state index >= 15 is 0 Å². The van der Waals surface area contributed by atoms with Crippen LogP contribution in [-0.4, -0.2) is 27.3 Å². The van der Waals surface area contributed by atoms with E-state index in [1.807, 2.05) is 14.0 Å². The maximum atomic E-state index is 6.07. The van der Waals surface area contributed by atoms with Crippen molar-refractivity contribution >= 4 is 5.82 Å². The van der Waals surface area contributed by atoms with Crippen LogP contribution in [0.3, 0.4) is 0 Å². The normalized spacial score (nSPS) is 26.4. The lowest BCUT2D eigenvalue weighted by Crippen LogP contribution is -2.39. The summed E-state index contributed by atoms with van der Waals surface area (Å²) >= 11 is 0. The maximum absolute atomic E-state index is 6.07. The molecule has 96 valence electrons. The van der Waals surface area contributed by atoms with Crippen LogP contribution in [-0.2, 0) is 13.6 Å². The van der Waals surface area contributed by atoms with Crippen molar-refractivity contribution in [2.45, 2.75) is 46.2 Å². The molecule has 2 unspecified atom stereocenters. The van der Waals surface area contributed by atoms with Crippen LogP contribution in [0.4, 0.5) is 5.82 Å². The van der Waals surface area contributed by atoms with Crippen molar-refractivity contribution in [2.75, 3.05) is 12.3 Å². The van der Waals surface area contributed by atoms with Crippen LogP contribution < -0.4 is 5.73 Å². The number of aromatic nitrogens is 2. The molecule has 2 atom stereocenters. The molecule has 0 spiro atoms. The molecule has 0 aromatic carbocycles. The van der Waals surface area contributed by atoms with Gasteiger partial charge in [-0.25, -0.2) is 0 Å². The summed E-state index contributed by atoms with van der Waals surface area (Å²) in [7, 11) is 1.91. The van der Waals surface area contributed by atoms with Crippen LogP contribution in [0, 0.1) is 12.8 Å². The third kappa shape index (κ3) is 2.46. The highest BCUT2D eigenvalue weighted by Crippen LogP contribution is 2.26. The van der Waals surface area contributed by atoms with Gasteiger partial charge in [-0.1, -0.05) is 6.92 Å². The molecule has 0 saturated carbocycles. The lowest BCUT2D eigenvalue weighted by Gasteiger charge is -2.36. The maximum Gasteiger partial charge on any atom is 0.126 e. The quantitative estimate of drug-likeness (QED) is 0.853. The number of piperidine rings is 1. The van der Waals surface area contributed by atoms with Crippen molar-refractivity contribution in [1.82, 2.24) is 14.7 Å². The SMILES string of the molecule is Cc1nn(C)c(N)c1CN1CCC(C)CC1C. The van der Waals surface area contributed by atoms with Crippen molar-refractivity contribution in [1.29, 1.82) is 0 Å². The van der Waals surface area contributed by atoms with Crippen LogP contribution in [0.15, 0.2) is 0 Å². The van der Waals surface area contributed by atoms with Gasteiger partial charge in [-0.2, -0.15) is 5.10 Å². The van der Waals surface area contributed by atoms with Gasteiger partial charge in [-0.05, 0) is 39.2 Å². The van der Waals surface area contributed by atoms with E-state index in [2.05, 4.69) is 23.8 Å². The first-order valence-corrected chi connectivity index (χ1v) is 6.51. The Labute approximate surface area is 104 Å². The Balaban J connectivity index is 2.10. The molecule has 0 radical (unpaired) electrons. The number of hydrogen-bond acceptors (Lipinski definition) is 3. The Morgan fingerprint density at radius 3 is 2.65 bits per heavy atom. The fourth-order valence-electron chi connectivity index (χ4n) is 2.81. The van der Waals surface area contributed by atoms with E-state index in [4.69, 9.17) is 5.73 Å². The van der Waals surface area contributed by atoms with E-state index in [9.17, 15) is 0 Å². The first kappa shape index (κ1) is 12.4. The predicted octanol–water partition coefficient (Wildman–Crippen LogP) is 1.93. The van der Waals surface area contributed by atoms with Crippen molar-refractivity contribution in [3.63, 3.8) is 0 Å². The van der Waals surface area contributed by atoms with Crippen LogP contribution in [0.1, 0.15) is 37.9 Å². The molecule has 17 heavy (non-hydrogen) atoms. The van der Waals surface area contributed by atoms with Crippen molar-refractivity contribution in [3.8, 4) is 0 Å². The lowest BCUT2D eigenvalue weighted by molar-refractivity contribution is 0.122. The molecule has 0 aliphatic carbocycles. The van der Waals surface area contributed by atoms with Gasteiger partial charge in [0.1, 0.15) is 5.82 Å². The largest absolute Gasteiger partial charge is 0.384 e. The number of likely N-dealkylation sites (tertiary alicyclic amines) is 1. The molecular weight excluding hydrogens is 212 g/mol. The number of anilines is 1. The number of nitrogens with two attached hydrogens (primary N) is 1. The topological polar surface area (TPSA) is 47.1 Å². The fourth-order valence-corrected chi connectivity index (χ4v) is 2.81. The number of nitrogen functional groups attached to an aromatic ring is 1. The van der Waals surface area contributed by atoms with E-state index < -0.39 is 0 Å².